The fourth-order valence-electron chi connectivity index (χ4n) is 4.07. The number of hydrogen-bond acceptors (Lipinski definition) is 7. The lowest BCUT2D eigenvalue weighted by atomic mass is 9.56. The second kappa shape index (κ2) is 9.58. The first kappa shape index (κ1) is 25.1. The molecular formula is C22H23B2ClFN7O2. The topological polar surface area (TPSA) is 98.1 Å². The van der Waals surface area contributed by atoms with Crippen molar-refractivity contribution in [3.63, 3.8) is 0 Å². The van der Waals surface area contributed by atoms with Gasteiger partial charge in [-0.25, -0.2) is 19.3 Å². The Kier molecular flexibility index (Phi) is 6.88. The van der Waals surface area contributed by atoms with Gasteiger partial charge < -0.3 is 15.0 Å². The van der Waals surface area contributed by atoms with E-state index in [1.54, 1.807) is 33.0 Å². The van der Waals surface area contributed by atoms with Crippen LogP contribution in [0.1, 0.15) is 30.0 Å². The van der Waals surface area contributed by atoms with Gasteiger partial charge >= 0.3 is 0 Å². The molecule has 1 aliphatic rings. The zero-order valence-electron chi connectivity index (χ0n) is 19.7. The van der Waals surface area contributed by atoms with Crippen molar-refractivity contribution < 1.29 is 13.9 Å². The Balaban J connectivity index is 1.74. The normalized spacial score (nSPS) is 21.7. The zero-order valence-corrected chi connectivity index (χ0v) is 20.5. The van der Waals surface area contributed by atoms with Crippen LogP contribution < -0.4 is 5.32 Å². The second-order valence-corrected chi connectivity index (χ2v) is 8.95. The van der Waals surface area contributed by atoms with Gasteiger partial charge in [-0.2, -0.15) is 5.10 Å². The molecule has 1 fully saturated rings. The number of halogens is 2. The molecule has 0 spiro atoms. The molecule has 3 aromatic rings. The molecule has 0 bridgehead atoms. The summed E-state index contributed by atoms with van der Waals surface area (Å²) in [5.74, 6) is -0.404. The first-order valence-corrected chi connectivity index (χ1v) is 11.3. The molecule has 3 unspecified atom stereocenters. The minimum Gasteiger partial charge on any atom is -0.373 e. The SMILES string of the molecule is [B]C1([B])C(C)OC(C)C(CNc2ccc(Cl)cn2)N1C(=O)c1nn(C)c(C)c1-c1ncc(F)cn1. The number of aryl methyl sites for hydroxylation is 1. The molecule has 1 aliphatic heterocycles. The Bertz CT molecular complexity index is 1220. The minimum atomic E-state index is -1.66. The van der Waals surface area contributed by atoms with Crippen molar-refractivity contribution in [1.29, 1.82) is 0 Å². The summed E-state index contributed by atoms with van der Waals surface area (Å²) in [7, 11) is 14.6. The second-order valence-electron chi connectivity index (χ2n) is 8.51. The van der Waals surface area contributed by atoms with Gasteiger partial charge in [0.1, 0.15) is 5.82 Å². The van der Waals surface area contributed by atoms with Crippen LogP contribution in [0.25, 0.3) is 11.4 Å². The van der Waals surface area contributed by atoms with Gasteiger partial charge in [0.05, 0.1) is 56.9 Å². The smallest absolute Gasteiger partial charge is 0.274 e. The van der Waals surface area contributed by atoms with E-state index in [0.717, 1.165) is 12.4 Å². The number of nitrogens with one attached hydrogen (secondary N) is 1. The molecule has 4 heterocycles. The van der Waals surface area contributed by atoms with Crippen LogP contribution in [-0.2, 0) is 11.8 Å². The third kappa shape index (κ3) is 4.77. The molecular weight excluding hydrogens is 470 g/mol. The molecule has 0 aliphatic carbocycles. The number of carbonyl (C=O) groups excluding carboxylic acids is 1. The molecule has 4 rings (SSSR count). The highest BCUT2D eigenvalue weighted by Crippen LogP contribution is 2.33. The van der Waals surface area contributed by atoms with E-state index in [2.05, 4.69) is 25.4 Å². The lowest BCUT2D eigenvalue weighted by Gasteiger charge is -2.54. The molecule has 0 saturated carbocycles. The van der Waals surface area contributed by atoms with Crippen LogP contribution >= 0.6 is 11.6 Å². The average molecular weight is 494 g/mol. The van der Waals surface area contributed by atoms with Gasteiger partial charge in [0, 0.05) is 25.5 Å². The molecule has 9 nitrogen and oxygen atoms in total. The van der Waals surface area contributed by atoms with E-state index in [1.165, 1.54) is 15.8 Å². The summed E-state index contributed by atoms with van der Waals surface area (Å²) in [4.78, 5) is 27.8. The maximum absolute atomic E-state index is 14.0. The largest absolute Gasteiger partial charge is 0.373 e. The number of nitrogens with zero attached hydrogens (tertiary/aromatic N) is 6. The van der Waals surface area contributed by atoms with Crippen molar-refractivity contribution in [3.05, 3.63) is 53.0 Å². The number of hydrogen-bond donors (Lipinski definition) is 1. The summed E-state index contributed by atoms with van der Waals surface area (Å²) in [5, 5.41) is 6.44. The first-order valence-electron chi connectivity index (χ1n) is 10.9. The summed E-state index contributed by atoms with van der Waals surface area (Å²) >= 11 is 5.92. The molecule has 178 valence electrons. The van der Waals surface area contributed by atoms with Gasteiger partial charge in [-0.1, -0.05) is 11.6 Å². The number of amides is 1. The number of pyridine rings is 1. The quantitative estimate of drug-likeness (QED) is 0.544. The summed E-state index contributed by atoms with van der Waals surface area (Å²) in [6.45, 7) is 5.54. The van der Waals surface area contributed by atoms with Gasteiger partial charge in [0.25, 0.3) is 5.91 Å². The fraction of sp³-hybridized carbons (Fsp3) is 0.409. The van der Waals surface area contributed by atoms with Crippen LogP contribution in [0.4, 0.5) is 10.2 Å². The third-order valence-corrected chi connectivity index (χ3v) is 6.40. The molecule has 4 radical (unpaired) electrons. The van der Waals surface area contributed by atoms with Crippen molar-refractivity contribution >= 4 is 39.0 Å². The lowest BCUT2D eigenvalue weighted by molar-refractivity contribution is -0.112. The van der Waals surface area contributed by atoms with Crippen LogP contribution in [0.2, 0.25) is 5.02 Å². The molecule has 3 aromatic heterocycles. The van der Waals surface area contributed by atoms with E-state index in [9.17, 15) is 9.18 Å². The van der Waals surface area contributed by atoms with Gasteiger partial charge in [-0.15, -0.1) is 0 Å². The summed E-state index contributed by atoms with van der Waals surface area (Å²) in [5.41, 5.74) is 1.04. The van der Waals surface area contributed by atoms with E-state index in [4.69, 9.17) is 32.0 Å². The van der Waals surface area contributed by atoms with Crippen molar-refractivity contribution in [2.45, 2.75) is 44.4 Å². The molecule has 1 saturated heterocycles. The predicted octanol–water partition coefficient (Wildman–Crippen LogP) is 2.09. The number of morpholine rings is 1. The molecule has 13 heteroatoms. The summed E-state index contributed by atoms with van der Waals surface area (Å²) in [6, 6.07) is 2.83. The summed E-state index contributed by atoms with van der Waals surface area (Å²) < 4.78 is 21.0. The van der Waals surface area contributed by atoms with E-state index in [0.29, 0.717) is 22.1 Å². The zero-order chi connectivity index (χ0) is 25.5. The van der Waals surface area contributed by atoms with Gasteiger partial charge in [-0.3, -0.25) is 9.48 Å². The van der Waals surface area contributed by atoms with Crippen LogP contribution in [0.3, 0.4) is 0 Å². The van der Waals surface area contributed by atoms with Crippen molar-refractivity contribution in [3.8, 4) is 11.4 Å². The number of aromatic nitrogens is 5. The minimum absolute atomic E-state index is 0.0489. The van der Waals surface area contributed by atoms with Crippen LogP contribution in [0.15, 0.2) is 30.7 Å². The number of rotatable bonds is 5. The van der Waals surface area contributed by atoms with Crippen molar-refractivity contribution in [1.82, 2.24) is 29.6 Å². The Labute approximate surface area is 210 Å². The maximum Gasteiger partial charge on any atom is 0.274 e. The highest BCUT2D eigenvalue weighted by molar-refractivity contribution is 6.41. The van der Waals surface area contributed by atoms with E-state index < -0.39 is 35.3 Å². The van der Waals surface area contributed by atoms with E-state index >= 15 is 0 Å². The van der Waals surface area contributed by atoms with Gasteiger partial charge in [0.2, 0.25) is 0 Å². The first-order chi connectivity index (χ1) is 16.5. The average Bonchev–Trinajstić information content (AvgIpc) is 3.11. The maximum atomic E-state index is 14.0. The third-order valence-electron chi connectivity index (χ3n) is 6.18. The van der Waals surface area contributed by atoms with E-state index in [-0.39, 0.29) is 18.1 Å². The predicted molar refractivity (Wildman–Crippen MR) is 131 cm³/mol. The van der Waals surface area contributed by atoms with Crippen LogP contribution in [0, 0.1) is 12.7 Å². The standard InChI is InChI=1S/C22H23B2ClFN7O2/c1-11-18(20-29-8-15(26)9-30-20)19(31-32(11)4)21(34)33-16(12(2)35-13(3)22(33,23)24)10-28-17-6-5-14(25)7-27-17/h5-9,12-13,16H,10H2,1-4H3,(H,27,28). The van der Waals surface area contributed by atoms with Crippen LogP contribution in [0.5, 0.6) is 0 Å². The highest BCUT2D eigenvalue weighted by Gasteiger charge is 2.48. The summed E-state index contributed by atoms with van der Waals surface area (Å²) in [6.07, 6.45) is 2.47. The Morgan fingerprint density at radius 2 is 1.91 bits per heavy atom. The van der Waals surface area contributed by atoms with Gasteiger partial charge in [0.15, 0.2) is 17.3 Å². The molecule has 35 heavy (non-hydrogen) atoms. The van der Waals surface area contributed by atoms with Gasteiger partial charge in [-0.05, 0) is 38.2 Å². The van der Waals surface area contributed by atoms with E-state index in [1.807, 2.05) is 6.92 Å². The Hall–Kier alpha value is -2.98. The molecule has 1 amide bonds. The Morgan fingerprint density at radius 3 is 2.54 bits per heavy atom. The molecule has 3 atom stereocenters. The molecule has 0 aromatic carbocycles. The Morgan fingerprint density at radius 1 is 1.23 bits per heavy atom. The number of ether oxygens (including phenoxy) is 1. The monoisotopic (exact) mass is 493 g/mol. The van der Waals surface area contributed by atoms with Crippen molar-refractivity contribution in [2.75, 3.05) is 11.9 Å². The fourth-order valence-corrected chi connectivity index (χ4v) is 4.18. The number of carbonyl (C=O) groups is 1. The highest BCUT2D eigenvalue weighted by atomic mass is 35.5. The van der Waals surface area contributed by atoms with Crippen molar-refractivity contribution in [2.24, 2.45) is 7.05 Å². The molecule has 1 N–H and O–H groups in total. The lowest BCUT2D eigenvalue weighted by Crippen LogP contribution is -2.71. The van der Waals surface area contributed by atoms with Crippen LogP contribution in [-0.4, -0.2) is 81.4 Å². The number of anilines is 1.